The van der Waals surface area contributed by atoms with Gasteiger partial charge in [-0.05, 0) is 40.0 Å². The van der Waals surface area contributed by atoms with Crippen LogP contribution in [-0.4, -0.2) is 39.5 Å². The SMILES string of the molecule is CC(C)(C)OC(=O)N1CCc2nn(C3CCCCC3)c(-c3ccccc3)c2CC1. The second kappa shape index (κ2) is 8.21. The van der Waals surface area contributed by atoms with Crippen molar-refractivity contribution in [2.75, 3.05) is 13.1 Å². The quantitative estimate of drug-likeness (QED) is 0.685. The van der Waals surface area contributed by atoms with Crippen LogP contribution in [0.4, 0.5) is 4.79 Å². The molecule has 0 spiro atoms. The van der Waals surface area contributed by atoms with Crippen LogP contribution in [0.1, 0.15) is 70.2 Å². The molecule has 1 saturated carbocycles. The van der Waals surface area contributed by atoms with E-state index in [-0.39, 0.29) is 6.09 Å². The van der Waals surface area contributed by atoms with Crippen LogP contribution in [0.2, 0.25) is 0 Å². The number of hydrogen-bond acceptors (Lipinski definition) is 3. The van der Waals surface area contributed by atoms with Gasteiger partial charge in [-0.25, -0.2) is 4.79 Å². The molecule has 156 valence electrons. The summed E-state index contributed by atoms with van der Waals surface area (Å²) in [5.74, 6) is 0. The minimum absolute atomic E-state index is 0.218. The molecule has 0 unspecified atom stereocenters. The Kier molecular flexibility index (Phi) is 5.66. The summed E-state index contributed by atoms with van der Waals surface area (Å²) in [4.78, 5) is 14.4. The van der Waals surface area contributed by atoms with Gasteiger partial charge >= 0.3 is 6.09 Å². The van der Waals surface area contributed by atoms with Crippen molar-refractivity contribution in [1.82, 2.24) is 14.7 Å². The van der Waals surface area contributed by atoms with E-state index in [2.05, 4.69) is 35.0 Å². The Hall–Kier alpha value is -2.30. The third-order valence-electron chi connectivity index (χ3n) is 5.96. The van der Waals surface area contributed by atoms with Crippen molar-refractivity contribution < 1.29 is 9.53 Å². The highest BCUT2D eigenvalue weighted by Crippen LogP contribution is 2.36. The van der Waals surface area contributed by atoms with E-state index in [0.29, 0.717) is 19.1 Å². The lowest BCUT2D eigenvalue weighted by atomic mass is 9.94. The van der Waals surface area contributed by atoms with Crippen molar-refractivity contribution in [2.45, 2.75) is 77.4 Å². The first-order valence-electron chi connectivity index (χ1n) is 11.1. The molecule has 1 aromatic heterocycles. The van der Waals surface area contributed by atoms with E-state index in [9.17, 15) is 4.79 Å². The zero-order valence-corrected chi connectivity index (χ0v) is 18.0. The van der Waals surface area contributed by atoms with Gasteiger partial charge in [-0.2, -0.15) is 5.10 Å². The van der Waals surface area contributed by atoms with Crippen LogP contribution in [0.3, 0.4) is 0 Å². The summed E-state index contributed by atoms with van der Waals surface area (Å²) < 4.78 is 7.93. The molecule has 5 nitrogen and oxygen atoms in total. The molecular weight excluding hydrogens is 362 g/mol. The van der Waals surface area contributed by atoms with E-state index in [1.54, 1.807) is 0 Å². The maximum absolute atomic E-state index is 12.6. The summed E-state index contributed by atoms with van der Waals surface area (Å²) >= 11 is 0. The van der Waals surface area contributed by atoms with Gasteiger partial charge in [0.2, 0.25) is 0 Å². The number of amides is 1. The molecule has 1 aromatic carbocycles. The third-order valence-corrected chi connectivity index (χ3v) is 5.96. The fourth-order valence-electron chi connectivity index (χ4n) is 4.58. The number of benzene rings is 1. The Labute approximate surface area is 174 Å². The van der Waals surface area contributed by atoms with Gasteiger partial charge in [0, 0.05) is 30.6 Å². The van der Waals surface area contributed by atoms with Gasteiger partial charge in [-0.3, -0.25) is 4.68 Å². The van der Waals surface area contributed by atoms with Gasteiger partial charge in [0.15, 0.2) is 0 Å². The van der Waals surface area contributed by atoms with Crippen molar-refractivity contribution in [3.05, 3.63) is 41.6 Å². The van der Waals surface area contributed by atoms with Crippen LogP contribution in [0.5, 0.6) is 0 Å². The van der Waals surface area contributed by atoms with E-state index in [1.165, 1.54) is 48.9 Å². The van der Waals surface area contributed by atoms with Crippen molar-refractivity contribution in [2.24, 2.45) is 0 Å². The van der Waals surface area contributed by atoms with E-state index in [1.807, 2.05) is 25.7 Å². The normalized spacial score (nSPS) is 18.2. The van der Waals surface area contributed by atoms with E-state index >= 15 is 0 Å². The minimum Gasteiger partial charge on any atom is -0.444 e. The number of carbonyl (C=O) groups excluding carboxylic acids is 1. The van der Waals surface area contributed by atoms with Gasteiger partial charge in [0.05, 0.1) is 17.4 Å². The average Bonchev–Trinajstić information content (AvgIpc) is 2.93. The Balaban J connectivity index is 1.64. The van der Waals surface area contributed by atoms with Gasteiger partial charge in [-0.1, -0.05) is 49.6 Å². The standard InChI is InChI=1S/C24H33N3O2/c1-24(2,3)29-23(28)26-16-14-20-21(15-17-26)25-27(19-12-8-5-9-13-19)22(20)18-10-6-4-7-11-18/h4,6-7,10-11,19H,5,8-9,12-17H2,1-3H3. The number of hydrogen-bond donors (Lipinski definition) is 0. The van der Waals surface area contributed by atoms with Crippen molar-refractivity contribution in [3.8, 4) is 11.3 Å². The Morgan fingerprint density at radius 2 is 1.72 bits per heavy atom. The van der Waals surface area contributed by atoms with Crippen LogP contribution in [-0.2, 0) is 17.6 Å². The fourth-order valence-corrected chi connectivity index (χ4v) is 4.58. The topological polar surface area (TPSA) is 47.4 Å². The number of aromatic nitrogens is 2. The molecule has 2 heterocycles. The molecule has 5 heteroatoms. The number of ether oxygens (including phenoxy) is 1. The van der Waals surface area contributed by atoms with E-state index < -0.39 is 5.60 Å². The molecule has 2 aromatic rings. The first-order valence-corrected chi connectivity index (χ1v) is 11.1. The van der Waals surface area contributed by atoms with Gasteiger partial charge < -0.3 is 9.64 Å². The highest BCUT2D eigenvalue weighted by molar-refractivity contribution is 5.69. The van der Waals surface area contributed by atoms with Gasteiger partial charge in [0.25, 0.3) is 0 Å². The molecule has 29 heavy (non-hydrogen) atoms. The van der Waals surface area contributed by atoms with E-state index in [0.717, 1.165) is 18.5 Å². The van der Waals surface area contributed by atoms with Crippen LogP contribution in [0, 0.1) is 0 Å². The molecule has 0 bridgehead atoms. The number of fused-ring (bicyclic) bond motifs is 1. The number of carbonyl (C=O) groups is 1. The van der Waals surface area contributed by atoms with Crippen molar-refractivity contribution in [1.29, 1.82) is 0 Å². The maximum atomic E-state index is 12.6. The molecular formula is C24H33N3O2. The monoisotopic (exact) mass is 395 g/mol. The maximum Gasteiger partial charge on any atom is 0.410 e. The summed E-state index contributed by atoms with van der Waals surface area (Å²) in [6, 6.07) is 11.1. The summed E-state index contributed by atoms with van der Waals surface area (Å²) in [6.45, 7) is 7.09. The third kappa shape index (κ3) is 4.49. The molecule has 0 saturated heterocycles. The first kappa shape index (κ1) is 20.0. The lowest BCUT2D eigenvalue weighted by Gasteiger charge is -2.27. The first-order chi connectivity index (χ1) is 13.9. The smallest absolute Gasteiger partial charge is 0.410 e. The highest BCUT2D eigenvalue weighted by Gasteiger charge is 2.30. The predicted octanol–water partition coefficient (Wildman–Crippen LogP) is 5.39. The molecule has 1 amide bonds. The second-order valence-electron chi connectivity index (χ2n) is 9.34. The summed E-state index contributed by atoms with van der Waals surface area (Å²) in [5, 5.41) is 5.12. The Bertz CT molecular complexity index is 845. The van der Waals surface area contributed by atoms with Crippen molar-refractivity contribution in [3.63, 3.8) is 0 Å². The lowest BCUT2D eigenvalue weighted by Crippen LogP contribution is -2.38. The molecule has 0 radical (unpaired) electrons. The second-order valence-corrected chi connectivity index (χ2v) is 9.34. The van der Waals surface area contributed by atoms with Crippen molar-refractivity contribution >= 4 is 6.09 Å². The zero-order chi connectivity index (χ0) is 20.4. The highest BCUT2D eigenvalue weighted by atomic mass is 16.6. The molecule has 1 aliphatic heterocycles. The molecule has 1 fully saturated rings. The molecule has 0 atom stereocenters. The largest absolute Gasteiger partial charge is 0.444 e. The fraction of sp³-hybridized carbons (Fsp3) is 0.583. The number of rotatable bonds is 2. The van der Waals surface area contributed by atoms with E-state index in [4.69, 9.17) is 9.84 Å². The average molecular weight is 396 g/mol. The molecule has 4 rings (SSSR count). The molecule has 2 aliphatic rings. The Morgan fingerprint density at radius 3 is 2.41 bits per heavy atom. The van der Waals surface area contributed by atoms with Crippen LogP contribution in [0.15, 0.2) is 30.3 Å². The van der Waals surface area contributed by atoms with Gasteiger partial charge in [-0.15, -0.1) is 0 Å². The minimum atomic E-state index is -0.469. The Morgan fingerprint density at radius 1 is 1.03 bits per heavy atom. The number of nitrogens with zero attached hydrogens (tertiary/aromatic N) is 3. The summed E-state index contributed by atoms with van der Waals surface area (Å²) in [5.41, 5.74) is 4.49. The predicted molar refractivity (Wildman–Crippen MR) is 115 cm³/mol. The van der Waals surface area contributed by atoms with Gasteiger partial charge in [0.1, 0.15) is 5.60 Å². The molecule has 1 aliphatic carbocycles. The zero-order valence-electron chi connectivity index (χ0n) is 18.0. The van der Waals surface area contributed by atoms with Crippen LogP contribution < -0.4 is 0 Å². The summed E-state index contributed by atoms with van der Waals surface area (Å²) in [7, 11) is 0. The van der Waals surface area contributed by atoms with Crippen LogP contribution in [0.25, 0.3) is 11.3 Å². The molecule has 0 N–H and O–H groups in total. The summed E-state index contributed by atoms with van der Waals surface area (Å²) in [6.07, 6.45) is 7.73. The lowest BCUT2D eigenvalue weighted by molar-refractivity contribution is 0.0258. The van der Waals surface area contributed by atoms with Crippen LogP contribution >= 0.6 is 0 Å².